The van der Waals surface area contributed by atoms with E-state index in [2.05, 4.69) is 10.6 Å². The lowest BCUT2D eigenvalue weighted by Crippen LogP contribution is -3.14. The van der Waals surface area contributed by atoms with Crippen molar-refractivity contribution in [3.05, 3.63) is 29.8 Å². The summed E-state index contributed by atoms with van der Waals surface area (Å²) in [5, 5.41) is 5.67. The quantitative estimate of drug-likeness (QED) is 0.523. The van der Waals surface area contributed by atoms with Crippen molar-refractivity contribution in [3.63, 3.8) is 0 Å². The number of amides is 2. The van der Waals surface area contributed by atoms with Crippen LogP contribution in [0.4, 0.5) is 0 Å². The molecule has 1 aromatic carbocycles. The van der Waals surface area contributed by atoms with Crippen LogP contribution in [0.3, 0.4) is 0 Å². The van der Waals surface area contributed by atoms with E-state index in [0.29, 0.717) is 19.7 Å². The zero-order valence-electron chi connectivity index (χ0n) is 15.1. The number of likely N-dealkylation sites (N-methyl/N-ethyl adjacent to an activating group) is 1. The van der Waals surface area contributed by atoms with E-state index in [4.69, 9.17) is 4.74 Å². The maximum absolute atomic E-state index is 12.0. The van der Waals surface area contributed by atoms with Crippen LogP contribution in [0.5, 0.6) is 5.75 Å². The van der Waals surface area contributed by atoms with E-state index >= 15 is 0 Å². The molecule has 0 spiro atoms. The largest absolute Gasteiger partial charge is 0.492 e. The average Bonchev–Trinajstić information content (AvgIpc) is 2.50. The van der Waals surface area contributed by atoms with Crippen LogP contribution < -0.4 is 20.3 Å². The Bertz CT molecular complexity index is 532. The Morgan fingerprint density at radius 2 is 1.92 bits per heavy atom. The number of benzene rings is 1. The minimum Gasteiger partial charge on any atom is -0.492 e. The first-order valence-corrected chi connectivity index (χ1v) is 8.49. The van der Waals surface area contributed by atoms with Crippen LogP contribution in [0.2, 0.25) is 0 Å². The molecule has 3 N–H and O–H groups in total. The van der Waals surface area contributed by atoms with Gasteiger partial charge in [-0.1, -0.05) is 12.1 Å². The molecule has 0 aromatic heterocycles. The molecule has 134 valence electrons. The smallest absolute Gasteiger partial charge is 0.275 e. The fourth-order valence-corrected chi connectivity index (χ4v) is 2.27. The number of rotatable bonds is 10. The summed E-state index contributed by atoms with van der Waals surface area (Å²) >= 11 is 0. The predicted molar refractivity (Wildman–Crippen MR) is 94.2 cm³/mol. The fraction of sp³-hybridized carbons (Fsp3) is 0.556. The van der Waals surface area contributed by atoms with Crippen molar-refractivity contribution in [2.45, 2.75) is 33.7 Å². The molecule has 0 aliphatic rings. The lowest BCUT2D eigenvalue weighted by Gasteiger charge is -2.17. The summed E-state index contributed by atoms with van der Waals surface area (Å²) in [7, 11) is 0. The van der Waals surface area contributed by atoms with Crippen molar-refractivity contribution < 1.29 is 19.2 Å². The van der Waals surface area contributed by atoms with Crippen molar-refractivity contribution in [1.29, 1.82) is 0 Å². The van der Waals surface area contributed by atoms with Crippen LogP contribution >= 0.6 is 0 Å². The van der Waals surface area contributed by atoms with Gasteiger partial charge in [-0.15, -0.1) is 0 Å². The van der Waals surface area contributed by atoms with Crippen molar-refractivity contribution >= 4 is 11.8 Å². The summed E-state index contributed by atoms with van der Waals surface area (Å²) in [6.07, 6.45) is 0. The second-order valence-electron chi connectivity index (χ2n) is 6.19. The second kappa shape index (κ2) is 10.6. The van der Waals surface area contributed by atoms with Crippen LogP contribution in [-0.4, -0.2) is 50.6 Å². The van der Waals surface area contributed by atoms with Crippen LogP contribution in [0.25, 0.3) is 0 Å². The first kappa shape index (κ1) is 20.0. The molecule has 0 radical (unpaired) electrons. The van der Waals surface area contributed by atoms with Crippen molar-refractivity contribution in [2.75, 3.05) is 32.8 Å². The third-order valence-electron chi connectivity index (χ3n) is 3.45. The number of hydrogen-bond acceptors (Lipinski definition) is 3. The van der Waals surface area contributed by atoms with Crippen molar-refractivity contribution in [1.82, 2.24) is 10.6 Å². The average molecular weight is 336 g/mol. The number of aryl methyl sites for hydroxylation is 1. The Morgan fingerprint density at radius 1 is 1.21 bits per heavy atom. The first-order chi connectivity index (χ1) is 11.4. The molecule has 0 bridgehead atoms. The standard InChI is InChI=1S/C18H29N3O3/c1-5-21(13-18(23)20-14(2)3)12-17(22)19-9-10-24-16-8-6-7-15(4)11-16/h6-8,11,14H,5,9-10,12-13H2,1-4H3,(H,19,22)(H,20,23)/p+1. The predicted octanol–water partition coefficient (Wildman–Crippen LogP) is -0.0806. The molecule has 6 nitrogen and oxygen atoms in total. The van der Waals surface area contributed by atoms with Crippen LogP contribution in [-0.2, 0) is 9.59 Å². The molecule has 1 rings (SSSR count). The number of hydrogen-bond donors (Lipinski definition) is 3. The Labute approximate surface area is 144 Å². The molecule has 6 heteroatoms. The molecule has 0 aliphatic carbocycles. The number of carbonyl (C=O) groups excluding carboxylic acids is 2. The van der Waals surface area contributed by atoms with Gasteiger partial charge in [-0.2, -0.15) is 0 Å². The topological polar surface area (TPSA) is 71.9 Å². The van der Waals surface area contributed by atoms with Gasteiger partial charge < -0.3 is 20.3 Å². The maximum Gasteiger partial charge on any atom is 0.275 e. The van der Waals surface area contributed by atoms with Crippen molar-refractivity contribution in [2.24, 2.45) is 0 Å². The number of ether oxygens (including phenoxy) is 1. The summed E-state index contributed by atoms with van der Waals surface area (Å²) in [6, 6.07) is 7.91. The van der Waals surface area contributed by atoms with Gasteiger partial charge in [-0.05, 0) is 45.4 Å². The lowest BCUT2D eigenvalue weighted by molar-refractivity contribution is -0.881. The molecular weight excluding hydrogens is 306 g/mol. The highest BCUT2D eigenvalue weighted by atomic mass is 16.5. The van der Waals surface area contributed by atoms with Gasteiger partial charge in [0.2, 0.25) is 0 Å². The zero-order valence-corrected chi connectivity index (χ0v) is 15.1. The Kier molecular flexibility index (Phi) is 8.86. The second-order valence-corrected chi connectivity index (χ2v) is 6.19. The van der Waals surface area contributed by atoms with E-state index in [9.17, 15) is 9.59 Å². The Balaban J connectivity index is 2.25. The van der Waals surface area contributed by atoms with Gasteiger partial charge in [-0.25, -0.2) is 0 Å². The van der Waals surface area contributed by atoms with Gasteiger partial charge >= 0.3 is 0 Å². The number of nitrogens with one attached hydrogen (secondary N) is 3. The highest BCUT2D eigenvalue weighted by Crippen LogP contribution is 2.11. The summed E-state index contributed by atoms with van der Waals surface area (Å²) in [5.41, 5.74) is 1.14. The first-order valence-electron chi connectivity index (χ1n) is 8.49. The van der Waals surface area contributed by atoms with E-state index < -0.39 is 0 Å². The number of quaternary nitrogens is 1. The zero-order chi connectivity index (χ0) is 17.9. The molecule has 2 amide bonds. The summed E-state index contributed by atoms with van der Waals surface area (Å²) in [5.74, 6) is 0.699. The molecular formula is C18H30N3O3+. The minimum atomic E-state index is -0.0722. The number of carbonyl (C=O) groups is 2. The van der Waals surface area contributed by atoms with Crippen LogP contribution in [0.15, 0.2) is 24.3 Å². The van der Waals surface area contributed by atoms with Gasteiger partial charge in [0.15, 0.2) is 13.1 Å². The molecule has 0 fully saturated rings. The maximum atomic E-state index is 12.0. The normalized spacial score (nSPS) is 11.9. The van der Waals surface area contributed by atoms with Gasteiger partial charge in [0.1, 0.15) is 12.4 Å². The van der Waals surface area contributed by atoms with E-state index in [1.54, 1.807) is 0 Å². The SMILES string of the molecule is CC[NH+](CC(=O)NCCOc1cccc(C)c1)CC(=O)NC(C)C. The Morgan fingerprint density at radius 3 is 2.54 bits per heavy atom. The molecule has 1 atom stereocenters. The third-order valence-corrected chi connectivity index (χ3v) is 3.45. The highest BCUT2D eigenvalue weighted by molar-refractivity contribution is 5.79. The lowest BCUT2D eigenvalue weighted by atomic mass is 10.2. The van der Waals surface area contributed by atoms with Crippen molar-refractivity contribution in [3.8, 4) is 5.75 Å². The van der Waals surface area contributed by atoms with E-state index in [-0.39, 0.29) is 24.4 Å². The van der Waals surface area contributed by atoms with Gasteiger partial charge in [0.05, 0.1) is 13.1 Å². The van der Waals surface area contributed by atoms with Gasteiger partial charge in [0, 0.05) is 6.04 Å². The monoisotopic (exact) mass is 336 g/mol. The highest BCUT2D eigenvalue weighted by Gasteiger charge is 2.16. The molecule has 1 unspecified atom stereocenters. The molecule has 1 aromatic rings. The molecule has 0 heterocycles. The summed E-state index contributed by atoms with van der Waals surface area (Å²) in [6.45, 7) is 9.99. The Hall–Kier alpha value is -2.08. The summed E-state index contributed by atoms with van der Waals surface area (Å²) < 4.78 is 5.59. The molecule has 0 saturated carbocycles. The van der Waals surface area contributed by atoms with Crippen LogP contribution in [0, 0.1) is 6.92 Å². The minimum absolute atomic E-state index is 0.0302. The van der Waals surface area contributed by atoms with E-state index in [0.717, 1.165) is 22.8 Å². The molecule has 0 saturated heterocycles. The third kappa shape index (κ3) is 8.53. The molecule has 24 heavy (non-hydrogen) atoms. The molecule has 0 aliphatic heterocycles. The fourth-order valence-electron chi connectivity index (χ4n) is 2.27. The van der Waals surface area contributed by atoms with Gasteiger partial charge in [0.25, 0.3) is 11.8 Å². The van der Waals surface area contributed by atoms with E-state index in [1.807, 2.05) is 52.0 Å². The van der Waals surface area contributed by atoms with Crippen LogP contribution in [0.1, 0.15) is 26.3 Å². The summed E-state index contributed by atoms with van der Waals surface area (Å²) in [4.78, 5) is 24.7. The van der Waals surface area contributed by atoms with Gasteiger partial charge in [-0.3, -0.25) is 9.59 Å². The van der Waals surface area contributed by atoms with E-state index in [1.165, 1.54) is 0 Å².